The Labute approximate surface area is 101 Å². The lowest BCUT2D eigenvalue weighted by molar-refractivity contribution is -0.373. The van der Waals surface area contributed by atoms with Crippen LogP contribution in [0.25, 0.3) is 0 Å². The Morgan fingerprint density at radius 1 is 0.737 bits per heavy atom. The van der Waals surface area contributed by atoms with Crippen LogP contribution in [0.3, 0.4) is 0 Å². The third-order valence-electron chi connectivity index (χ3n) is 2.15. The molecule has 114 valence electrons. The predicted octanol–water partition coefficient (Wildman–Crippen LogP) is 4.01. The van der Waals surface area contributed by atoms with E-state index in [1.807, 2.05) is 0 Å². The Hall–Kier alpha value is -0.520. The topological polar surface area (TPSA) is 12.5 Å². The number of ether oxygens (including phenoxy) is 1. The van der Waals surface area contributed by atoms with Gasteiger partial charge in [-0.1, -0.05) is 0 Å². The summed E-state index contributed by atoms with van der Waals surface area (Å²) in [5.41, 5.74) is 0. The van der Waals surface area contributed by atoms with Gasteiger partial charge in [0.25, 0.3) is 0 Å². The van der Waals surface area contributed by atoms with Crippen molar-refractivity contribution < 1.29 is 53.0 Å². The van der Waals surface area contributed by atoms with Crippen LogP contribution in [0.5, 0.6) is 0 Å². The molecule has 1 fully saturated rings. The number of halogens is 12. The maximum atomic E-state index is 12.7. The number of rotatable bonds is 4. The van der Waals surface area contributed by atoms with E-state index in [1.54, 1.807) is 0 Å². The first-order valence-corrected chi connectivity index (χ1v) is 4.30. The summed E-state index contributed by atoms with van der Waals surface area (Å²) in [5, 5.41) is -6.25. The van der Waals surface area contributed by atoms with Gasteiger partial charge in [0.05, 0.1) is 0 Å². The molecule has 1 aliphatic heterocycles. The SMILES string of the molecule is FC(F)(Cl)C(F)(F)C(F)(F)C(F)(F)[C@@]1(F)OC1(F)F. The highest BCUT2D eigenvalue weighted by molar-refractivity contribution is 6.22. The molecule has 0 unspecified atom stereocenters. The van der Waals surface area contributed by atoms with E-state index in [0.29, 0.717) is 0 Å². The van der Waals surface area contributed by atoms with E-state index in [2.05, 4.69) is 16.3 Å². The summed E-state index contributed by atoms with van der Waals surface area (Å²) in [4.78, 5) is 0. The van der Waals surface area contributed by atoms with Gasteiger partial charge in [-0.2, -0.15) is 48.3 Å². The average molecular weight is 332 g/mol. The minimum Gasteiger partial charge on any atom is -0.265 e. The van der Waals surface area contributed by atoms with Crippen molar-refractivity contribution in [3.63, 3.8) is 0 Å². The van der Waals surface area contributed by atoms with Crippen molar-refractivity contribution in [2.24, 2.45) is 0 Å². The summed E-state index contributed by atoms with van der Waals surface area (Å²) in [7, 11) is 0. The summed E-state index contributed by atoms with van der Waals surface area (Å²) >= 11 is 3.51. The van der Waals surface area contributed by atoms with E-state index in [9.17, 15) is 48.3 Å². The van der Waals surface area contributed by atoms with Gasteiger partial charge in [0.1, 0.15) is 0 Å². The van der Waals surface area contributed by atoms with Gasteiger partial charge >= 0.3 is 35.1 Å². The second-order valence-electron chi connectivity index (χ2n) is 3.44. The van der Waals surface area contributed by atoms with Crippen molar-refractivity contribution in [1.82, 2.24) is 0 Å². The molecule has 0 spiro atoms. The molecule has 19 heavy (non-hydrogen) atoms. The maximum absolute atomic E-state index is 12.7. The minimum atomic E-state index is -7.25. The fourth-order valence-corrected chi connectivity index (χ4v) is 1.09. The first-order valence-electron chi connectivity index (χ1n) is 3.93. The van der Waals surface area contributed by atoms with Crippen molar-refractivity contribution in [3.05, 3.63) is 0 Å². The number of alkyl halides is 12. The van der Waals surface area contributed by atoms with Gasteiger partial charge in [-0.15, -0.1) is 0 Å². The molecule has 13 heteroatoms. The monoisotopic (exact) mass is 332 g/mol. The van der Waals surface area contributed by atoms with Gasteiger partial charge in [0.2, 0.25) is 0 Å². The zero-order chi connectivity index (χ0) is 15.7. The van der Waals surface area contributed by atoms with Crippen LogP contribution in [-0.4, -0.2) is 35.1 Å². The molecule has 0 radical (unpaired) electrons. The number of hydrogen-bond donors (Lipinski definition) is 0. The van der Waals surface area contributed by atoms with Gasteiger partial charge in [-0.3, -0.25) is 4.74 Å². The van der Waals surface area contributed by atoms with Crippen molar-refractivity contribution in [2.75, 3.05) is 0 Å². The summed E-state index contributed by atoms with van der Waals surface area (Å²) in [6.07, 6.45) is -5.53. The van der Waals surface area contributed by atoms with Crippen molar-refractivity contribution >= 4 is 11.6 Å². The van der Waals surface area contributed by atoms with Gasteiger partial charge in [0.15, 0.2) is 0 Å². The van der Waals surface area contributed by atoms with Crippen LogP contribution in [-0.2, 0) is 4.74 Å². The molecule has 1 heterocycles. The second kappa shape index (κ2) is 3.57. The average Bonchev–Trinajstić information content (AvgIpc) is 2.65. The summed E-state index contributed by atoms with van der Waals surface area (Å²) in [5.74, 6) is -27.1. The molecule has 0 aliphatic carbocycles. The molecule has 1 saturated heterocycles. The van der Waals surface area contributed by atoms with Gasteiger partial charge in [-0.25, -0.2) is 0 Å². The first-order chi connectivity index (χ1) is 7.96. The van der Waals surface area contributed by atoms with Gasteiger partial charge in [-0.05, 0) is 11.6 Å². The lowest BCUT2D eigenvalue weighted by Crippen LogP contribution is -2.65. The zero-order valence-corrected chi connectivity index (χ0v) is 8.70. The van der Waals surface area contributed by atoms with E-state index in [4.69, 9.17) is 0 Å². The largest absolute Gasteiger partial charge is 0.424 e. The third kappa shape index (κ3) is 1.78. The molecule has 0 aromatic heterocycles. The fourth-order valence-electron chi connectivity index (χ4n) is 0.975. The third-order valence-corrected chi connectivity index (χ3v) is 2.39. The molecule has 0 bridgehead atoms. The number of epoxide rings is 1. The molecular formula is C6ClF11O. The first kappa shape index (κ1) is 16.5. The van der Waals surface area contributed by atoms with Crippen molar-refractivity contribution in [3.8, 4) is 0 Å². The Bertz CT molecular complexity index is 387. The van der Waals surface area contributed by atoms with Crippen LogP contribution >= 0.6 is 11.6 Å². The lowest BCUT2D eigenvalue weighted by Gasteiger charge is -2.34. The molecule has 0 aromatic rings. The molecule has 0 aromatic carbocycles. The van der Waals surface area contributed by atoms with E-state index < -0.39 is 35.1 Å². The molecular weight excluding hydrogens is 332 g/mol. The van der Waals surface area contributed by atoms with E-state index in [0.717, 1.165) is 0 Å². The van der Waals surface area contributed by atoms with Gasteiger partial charge < -0.3 is 0 Å². The molecule has 1 rings (SSSR count). The number of hydrogen-bond acceptors (Lipinski definition) is 1. The van der Waals surface area contributed by atoms with Crippen LogP contribution in [0.1, 0.15) is 0 Å². The quantitative estimate of drug-likeness (QED) is 0.430. The molecule has 1 aliphatic rings. The molecule has 1 nitrogen and oxygen atoms in total. The van der Waals surface area contributed by atoms with Crippen LogP contribution in [0.15, 0.2) is 0 Å². The highest BCUT2D eigenvalue weighted by Crippen LogP contribution is 2.67. The van der Waals surface area contributed by atoms with Crippen LogP contribution < -0.4 is 0 Å². The van der Waals surface area contributed by atoms with E-state index in [1.165, 1.54) is 0 Å². The molecule has 0 N–H and O–H groups in total. The molecule has 1 atom stereocenters. The summed E-state index contributed by atoms with van der Waals surface area (Å²) in [6.45, 7) is 0. The fraction of sp³-hybridized carbons (Fsp3) is 1.00. The van der Waals surface area contributed by atoms with E-state index >= 15 is 0 Å². The summed E-state index contributed by atoms with van der Waals surface area (Å²) < 4.78 is 138. The highest BCUT2D eigenvalue weighted by atomic mass is 35.5. The highest BCUT2D eigenvalue weighted by Gasteiger charge is 2.98. The van der Waals surface area contributed by atoms with Crippen molar-refractivity contribution in [2.45, 2.75) is 35.1 Å². The van der Waals surface area contributed by atoms with Crippen molar-refractivity contribution in [1.29, 1.82) is 0 Å². The Balaban J connectivity index is 3.28. The van der Waals surface area contributed by atoms with E-state index in [-0.39, 0.29) is 0 Å². The predicted molar refractivity (Wildman–Crippen MR) is 35.5 cm³/mol. The normalized spacial score (nSPS) is 28.4. The maximum Gasteiger partial charge on any atom is 0.424 e. The Morgan fingerprint density at radius 2 is 1.05 bits per heavy atom. The van der Waals surface area contributed by atoms with Gasteiger partial charge in [0, 0.05) is 0 Å². The minimum absolute atomic E-state index is 2.30. The Kier molecular flexibility index (Phi) is 3.10. The zero-order valence-electron chi connectivity index (χ0n) is 7.94. The van der Waals surface area contributed by atoms with Crippen LogP contribution in [0.2, 0.25) is 0 Å². The standard InChI is InChI=1S/C6ClF11O/c7-5(15,16)3(12,13)1(8,9)2(10,11)4(14)6(17,18)19-4/t4-/m1/s1. The molecule has 0 amide bonds. The van der Waals surface area contributed by atoms with Crippen LogP contribution in [0, 0.1) is 0 Å². The van der Waals surface area contributed by atoms with Crippen LogP contribution in [0.4, 0.5) is 48.3 Å². The smallest absolute Gasteiger partial charge is 0.265 e. The lowest BCUT2D eigenvalue weighted by atomic mass is 10.00. The second-order valence-corrected chi connectivity index (χ2v) is 3.91. The Morgan fingerprint density at radius 3 is 1.26 bits per heavy atom. The summed E-state index contributed by atoms with van der Waals surface area (Å²) in [6, 6.07) is 0. The molecule has 0 saturated carbocycles.